The van der Waals surface area contributed by atoms with Crippen LogP contribution in [0.3, 0.4) is 0 Å². The molecule has 0 radical (unpaired) electrons. The molecule has 3 atom stereocenters. The Morgan fingerprint density at radius 3 is 2.61 bits per heavy atom. The van der Waals surface area contributed by atoms with Gasteiger partial charge in [-0.25, -0.2) is 14.8 Å². The quantitative estimate of drug-likeness (QED) is 0.687. The summed E-state index contributed by atoms with van der Waals surface area (Å²) in [5, 5.41) is 12.4. The van der Waals surface area contributed by atoms with Gasteiger partial charge in [0.25, 0.3) is 0 Å². The molecule has 2 amide bonds. The van der Waals surface area contributed by atoms with Gasteiger partial charge in [-0.05, 0) is 26.2 Å². The van der Waals surface area contributed by atoms with Gasteiger partial charge in [-0.3, -0.25) is 9.59 Å². The SMILES string of the molecule is Cc1cn2c(n1)[C@H](C)C[C@H](C(=O)N1CCCC1C(=O)Nc1nccs1)C2.O=C(O)C(F)(F)F. The van der Waals surface area contributed by atoms with Gasteiger partial charge in [0.15, 0.2) is 5.13 Å². The zero-order valence-electron chi connectivity index (χ0n) is 18.0. The Kier molecular flexibility index (Phi) is 7.40. The molecule has 9 nitrogen and oxygen atoms in total. The number of anilines is 1. The van der Waals surface area contributed by atoms with Crippen molar-refractivity contribution in [3.05, 3.63) is 29.3 Å². The Morgan fingerprint density at radius 1 is 1.30 bits per heavy atom. The Hall–Kier alpha value is -2.96. The van der Waals surface area contributed by atoms with Gasteiger partial charge in [-0.2, -0.15) is 13.2 Å². The topological polar surface area (TPSA) is 117 Å². The summed E-state index contributed by atoms with van der Waals surface area (Å²) in [5.41, 5.74) is 0.988. The van der Waals surface area contributed by atoms with E-state index in [1.54, 1.807) is 11.1 Å². The van der Waals surface area contributed by atoms with E-state index in [0.717, 1.165) is 24.4 Å². The lowest BCUT2D eigenvalue weighted by Gasteiger charge is -2.32. The van der Waals surface area contributed by atoms with E-state index in [2.05, 4.69) is 26.8 Å². The minimum Gasteiger partial charge on any atom is -0.475 e. The average Bonchev–Trinajstić information content (AvgIpc) is 3.47. The molecule has 2 aliphatic rings. The molecule has 13 heteroatoms. The van der Waals surface area contributed by atoms with Gasteiger partial charge in [-0.1, -0.05) is 6.92 Å². The fraction of sp³-hybridized carbons (Fsp3) is 0.550. The first kappa shape index (κ1) is 24.7. The van der Waals surface area contributed by atoms with Gasteiger partial charge in [0, 0.05) is 36.8 Å². The smallest absolute Gasteiger partial charge is 0.475 e. The Morgan fingerprint density at radius 2 is 2.00 bits per heavy atom. The molecule has 2 aromatic rings. The molecule has 1 saturated heterocycles. The average molecular weight is 488 g/mol. The molecule has 0 aromatic carbocycles. The standard InChI is InChI=1S/C18H23N5O2S.C2HF3O2/c1-11-8-13(10-22-9-12(2)20-15(11)22)17(25)23-6-3-4-14(23)16(24)21-18-19-5-7-26-18;3-2(4,5)1(6)7/h5,7,9,11,13-14H,3-4,6,8,10H2,1-2H3,(H,19,21,24);(H,6,7)/t11-,13+,14?;/m1./s1. The predicted molar refractivity (Wildman–Crippen MR) is 113 cm³/mol. The minimum absolute atomic E-state index is 0.0886. The van der Waals surface area contributed by atoms with Crippen LogP contribution in [0.1, 0.15) is 43.6 Å². The first-order chi connectivity index (χ1) is 15.5. The summed E-state index contributed by atoms with van der Waals surface area (Å²) < 4.78 is 33.8. The fourth-order valence-electron chi connectivity index (χ4n) is 4.14. The number of amides is 2. The van der Waals surface area contributed by atoms with Crippen LogP contribution in [0, 0.1) is 12.8 Å². The van der Waals surface area contributed by atoms with E-state index in [-0.39, 0.29) is 23.7 Å². The van der Waals surface area contributed by atoms with E-state index in [9.17, 15) is 22.8 Å². The second-order valence-corrected chi connectivity index (χ2v) is 8.94. The maximum absolute atomic E-state index is 13.2. The van der Waals surface area contributed by atoms with Crippen molar-refractivity contribution in [2.45, 2.75) is 57.8 Å². The van der Waals surface area contributed by atoms with E-state index in [1.807, 2.05) is 18.5 Å². The van der Waals surface area contributed by atoms with E-state index in [1.165, 1.54) is 11.3 Å². The number of hydrogen-bond acceptors (Lipinski definition) is 6. The van der Waals surface area contributed by atoms with Crippen molar-refractivity contribution in [2.75, 3.05) is 11.9 Å². The first-order valence-corrected chi connectivity index (χ1v) is 11.2. The van der Waals surface area contributed by atoms with Crippen molar-refractivity contribution in [1.82, 2.24) is 19.4 Å². The monoisotopic (exact) mass is 487 g/mol. The number of imidazole rings is 1. The number of fused-ring (bicyclic) bond motifs is 1. The molecule has 2 aromatic heterocycles. The molecular formula is C20H24F3N5O4S. The molecule has 1 fully saturated rings. The third-order valence-corrected chi connectivity index (χ3v) is 6.21. The number of aliphatic carboxylic acids is 1. The van der Waals surface area contributed by atoms with Crippen molar-refractivity contribution in [1.29, 1.82) is 0 Å². The van der Waals surface area contributed by atoms with E-state index >= 15 is 0 Å². The van der Waals surface area contributed by atoms with E-state index in [0.29, 0.717) is 24.6 Å². The number of aryl methyl sites for hydroxylation is 1. The number of hydrogen-bond donors (Lipinski definition) is 2. The molecule has 0 aliphatic carbocycles. The van der Waals surface area contributed by atoms with Crippen LogP contribution < -0.4 is 5.32 Å². The summed E-state index contributed by atoms with van der Waals surface area (Å²) in [6.07, 6.45) is 0.945. The van der Waals surface area contributed by atoms with Gasteiger partial charge in [0.05, 0.1) is 11.6 Å². The Bertz CT molecular complexity index is 1010. The molecule has 4 heterocycles. The molecule has 1 unspecified atom stereocenters. The highest BCUT2D eigenvalue weighted by Crippen LogP contribution is 2.33. The Labute approximate surface area is 191 Å². The lowest BCUT2D eigenvalue weighted by molar-refractivity contribution is -0.192. The third kappa shape index (κ3) is 5.89. The number of halogens is 3. The minimum atomic E-state index is -5.08. The predicted octanol–water partition coefficient (Wildman–Crippen LogP) is 3.03. The van der Waals surface area contributed by atoms with Crippen LogP contribution >= 0.6 is 11.3 Å². The highest BCUT2D eigenvalue weighted by atomic mass is 32.1. The van der Waals surface area contributed by atoms with Gasteiger partial charge in [0.2, 0.25) is 11.8 Å². The molecule has 33 heavy (non-hydrogen) atoms. The molecule has 2 aliphatic heterocycles. The van der Waals surface area contributed by atoms with Crippen molar-refractivity contribution in [3.8, 4) is 0 Å². The van der Waals surface area contributed by atoms with E-state index < -0.39 is 18.2 Å². The van der Waals surface area contributed by atoms with Crippen LogP contribution in [-0.4, -0.2) is 61.1 Å². The van der Waals surface area contributed by atoms with Crippen molar-refractivity contribution in [2.24, 2.45) is 5.92 Å². The molecule has 0 bridgehead atoms. The third-order valence-electron chi connectivity index (χ3n) is 5.52. The zero-order valence-corrected chi connectivity index (χ0v) is 18.8. The lowest BCUT2D eigenvalue weighted by Crippen LogP contribution is -2.47. The molecule has 0 saturated carbocycles. The van der Waals surface area contributed by atoms with Crippen LogP contribution in [0.15, 0.2) is 17.8 Å². The number of carbonyl (C=O) groups excluding carboxylic acids is 2. The van der Waals surface area contributed by atoms with Gasteiger partial charge in [0.1, 0.15) is 11.9 Å². The number of carbonyl (C=O) groups is 3. The lowest BCUT2D eigenvalue weighted by atomic mass is 9.90. The van der Waals surface area contributed by atoms with Crippen molar-refractivity contribution >= 4 is 34.3 Å². The Balaban J connectivity index is 0.000000383. The van der Waals surface area contributed by atoms with Crippen molar-refractivity contribution < 1.29 is 32.7 Å². The van der Waals surface area contributed by atoms with E-state index in [4.69, 9.17) is 9.90 Å². The summed E-state index contributed by atoms with van der Waals surface area (Å²) in [4.78, 5) is 45.1. The van der Waals surface area contributed by atoms with Gasteiger partial charge in [-0.15, -0.1) is 11.3 Å². The van der Waals surface area contributed by atoms with Crippen LogP contribution in [0.5, 0.6) is 0 Å². The molecule has 180 valence electrons. The van der Waals surface area contributed by atoms with Crippen LogP contribution in [-0.2, 0) is 20.9 Å². The van der Waals surface area contributed by atoms with Crippen LogP contribution in [0.25, 0.3) is 0 Å². The summed E-state index contributed by atoms with van der Waals surface area (Å²) in [6.45, 7) is 5.40. The number of rotatable bonds is 3. The maximum Gasteiger partial charge on any atom is 0.490 e. The summed E-state index contributed by atoms with van der Waals surface area (Å²) in [6, 6.07) is -0.396. The van der Waals surface area contributed by atoms with Gasteiger partial charge < -0.3 is 19.9 Å². The number of aromatic nitrogens is 3. The highest BCUT2D eigenvalue weighted by molar-refractivity contribution is 7.13. The van der Waals surface area contributed by atoms with Crippen molar-refractivity contribution in [3.63, 3.8) is 0 Å². The number of carboxylic acids is 1. The molecule has 0 spiro atoms. The van der Waals surface area contributed by atoms with Gasteiger partial charge >= 0.3 is 12.1 Å². The number of likely N-dealkylation sites (tertiary alicyclic amines) is 1. The summed E-state index contributed by atoms with van der Waals surface area (Å²) in [7, 11) is 0. The normalized spacial score (nSPS) is 22.2. The second-order valence-electron chi connectivity index (χ2n) is 8.05. The molecular weight excluding hydrogens is 463 g/mol. The van der Waals surface area contributed by atoms with Crippen LogP contribution in [0.2, 0.25) is 0 Å². The number of carboxylic acid groups (broad SMARTS) is 1. The van der Waals surface area contributed by atoms with Crippen LogP contribution in [0.4, 0.5) is 18.3 Å². The number of nitrogens with zero attached hydrogens (tertiary/aromatic N) is 4. The summed E-state index contributed by atoms with van der Waals surface area (Å²) >= 11 is 1.39. The maximum atomic E-state index is 13.2. The number of nitrogens with one attached hydrogen (secondary N) is 1. The molecule has 2 N–H and O–H groups in total. The summed E-state index contributed by atoms with van der Waals surface area (Å²) in [5.74, 6) is -1.59. The zero-order chi connectivity index (χ0) is 24.3. The second kappa shape index (κ2) is 9.89. The largest absolute Gasteiger partial charge is 0.490 e. The first-order valence-electron chi connectivity index (χ1n) is 10.3. The highest BCUT2D eigenvalue weighted by Gasteiger charge is 2.40. The fourth-order valence-corrected chi connectivity index (χ4v) is 4.67. The number of alkyl halides is 3. The molecule has 4 rings (SSSR count). The number of thiazole rings is 1.